The van der Waals surface area contributed by atoms with Gasteiger partial charge in [0.1, 0.15) is 0 Å². The average Bonchev–Trinajstić information content (AvgIpc) is 2.98. The van der Waals surface area contributed by atoms with Crippen molar-refractivity contribution in [1.29, 1.82) is 0 Å². The van der Waals surface area contributed by atoms with Crippen molar-refractivity contribution >= 4 is 11.9 Å². The highest BCUT2D eigenvalue weighted by atomic mass is 16.4. The summed E-state index contributed by atoms with van der Waals surface area (Å²) in [6.07, 6.45) is 3.30. The van der Waals surface area contributed by atoms with Gasteiger partial charge in [-0.05, 0) is 32.1 Å². The highest BCUT2D eigenvalue weighted by Crippen LogP contribution is 2.34. The number of hydrogen-bond donors (Lipinski definition) is 1. The number of amides is 1. The molecule has 15 heavy (non-hydrogen) atoms. The van der Waals surface area contributed by atoms with Crippen LogP contribution < -0.4 is 0 Å². The van der Waals surface area contributed by atoms with E-state index >= 15 is 0 Å². The van der Waals surface area contributed by atoms with Crippen molar-refractivity contribution in [1.82, 2.24) is 4.90 Å². The van der Waals surface area contributed by atoms with Crippen LogP contribution in [0.2, 0.25) is 0 Å². The molecule has 1 aliphatic rings. The summed E-state index contributed by atoms with van der Waals surface area (Å²) >= 11 is 0. The molecule has 0 aliphatic heterocycles. The second kappa shape index (κ2) is 5.14. The van der Waals surface area contributed by atoms with Crippen LogP contribution >= 0.6 is 0 Å². The zero-order valence-electron chi connectivity index (χ0n) is 9.40. The lowest BCUT2D eigenvalue weighted by molar-refractivity contribution is -0.137. The molecule has 1 atom stereocenters. The van der Waals surface area contributed by atoms with E-state index in [1.165, 1.54) is 12.8 Å². The summed E-state index contributed by atoms with van der Waals surface area (Å²) in [4.78, 5) is 23.7. The largest absolute Gasteiger partial charge is 0.481 e. The first-order valence-corrected chi connectivity index (χ1v) is 5.50. The molecule has 0 aromatic heterocycles. The number of carboxylic acid groups (broad SMARTS) is 1. The molecule has 1 unspecified atom stereocenters. The molecule has 0 radical (unpaired) electrons. The average molecular weight is 213 g/mol. The van der Waals surface area contributed by atoms with E-state index in [2.05, 4.69) is 6.92 Å². The van der Waals surface area contributed by atoms with Gasteiger partial charge in [-0.2, -0.15) is 0 Å². The lowest BCUT2D eigenvalue weighted by Gasteiger charge is -2.24. The summed E-state index contributed by atoms with van der Waals surface area (Å²) in [7, 11) is 1.81. The zero-order chi connectivity index (χ0) is 11.4. The molecule has 0 aromatic rings. The summed E-state index contributed by atoms with van der Waals surface area (Å²) in [5.74, 6) is -0.102. The Bertz CT molecular complexity index is 248. The van der Waals surface area contributed by atoms with Crippen molar-refractivity contribution < 1.29 is 14.7 Å². The van der Waals surface area contributed by atoms with Crippen LogP contribution in [0.5, 0.6) is 0 Å². The van der Waals surface area contributed by atoms with Gasteiger partial charge in [-0.25, -0.2) is 0 Å². The maximum absolute atomic E-state index is 11.6. The lowest BCUT2D eigenvalue weighted by Crippen LogP contribution is -2.36. The number of nitrogens with zero attached hydrogens (tertiary/aromatic N) is 1. The molecule has 4 nitrogen and oxygen atoms in total. The molecule has 1 N–H and O–H groups in total. The van der Waals surface area contributed by atoms with Gasteiger partial charge in [0.15, 0.2) is 0 Å². The number of carbonyl (C=O) groups excluding carboxylic acids is 1. The second-order valence-electron chi connectivity index (χ2n) is 4.33. The van der Waals surface area contributed by atoms with E-state index in [9.17, 15) is 9.59 Å². The van der Waals surface area contributed by atoms with Crippen LogP contribution in [0.1, 0.15) is 39.0 Å². The first-order valence-electron chi connectivity index (χ1n) is 5.50. The summed E-state index contributed by atoms with van der Waals surface area (Å²) in [6.45, 7) is 2.06. The second-order valence-corrected chi connectivity index (χ2v) is 4.33. The highest BCUT2D eigenvalue weighted by Gasteiger charge is 2.32. The van der Waals surface area contributed by atoms with Gasteiger partial charge in [0.05, 0.1) is 0 Å². The molecule has 1 fully saturated rings. The molecular formula is C11H19NO3. The molecule has 1 rings (SSSR count). The van der Waals surface area contributed by atoms with Crippen LogP contribution in [-0.2, 0) is 9.59 Å². The Kier molecular flexibility index (Phi) is 4.12. The third-order valence-electron chi connectivity index (χ3n) is 3.09. The summed E-state index contributed by atoms with van der Waals surface area (Å²) < 4.78 is 0. The van der Waals surface area contributed by atoms with Crippen LogP contribution in [0.3, 0.4) is 0 Å². The third kappa shape index (κ3) is 3.90. The van der Waals surface area contributed by atoms with Crippen molar-refractivity contribution in [2.24, 2.45) is 5.92 Å². The first-order chi connectivity index (χ1) is 7.02. The van der Waals surface area contributed by atoms with Gasteiger partial charge in [-0.15, -0.1) is 0 Å². The Morgan fingerprint density at radius 2 is 2.00 bits per heavy atom. The van der Waals surface area contributed by atoms with Crippen molar-refractivity contribution in [3.05, 3.63) is 0 Å². The summed E-state index contributed by atoms with van der Waals surface area (Å²) in [6, 6.07) is 0.308. The van der Waals surface area contributed by atoms with E-state index in [4.69, 9.17) is 5.11 Å². The topological polar surface area (TPSA) is 57.6 Å². The first kappa shape index (κ1) is 12.0. The third-order valence-corrected chi connectivity index (χ3v) is 3.09. The molecule has 1 aliphatic carbocycles. The van der Waals surface area contributed by atoms with Crippen LogP contribution in [0, 0.1) is 5.92 Å². The smallest absolute Gasteiger partial charge is 0.303 e. The number of aliphatic carboxylic acids is 1. The minimum Gasteiger partial charge on any atom is -0.481 e. The number of carboxylic acids is 1. The fraction of sp³-hybridized carbons (Fsp3) is 0.818. The maximum atomic E-state index is 11.6. The highest BCUT2D eigenvalue weighted by molar-refractivity contribution is 5.77. The van der Waals surface area contributed by atoms with Gasteiger partial charge in [0.25, 0.3) is 0 Å². The predicted molar refractivity (Wildman–Crippen MR) is 56.4 cm³/mol. The molecule has 0 heterocycles. The Hall–Kier alpha value is -1.06. The van der Waals surface area contributed by atoms with Crippen molar-refractivity contribution in [2.75, 3.05) is 7.05 Å². The van der Waals surface area contributed by atoms with Crippen molar-refractivity contribution in [2.45, 2.75) is 45.1 Å². The quantitative estimate of drug-likeness (QED) is 0.727. The van der Waals surface area contributed by atoms with Gasteiger partial charge in [0, 0.05) is 25.9 Å². The number of carbonyl (C=O) groups is 2. The van der Waals surface area contributed by atoms with E-state index in [0.717, 1.165) is 0 Å². The molecule has 1 amide bonds. The van der Waals surface area contributed by atoms with E-state index in [1.807, 2.05) is 7.05 Å². The SMILES string of the molecule is CC(C1CC1)N(C)C(=O)CCCC(=O)O. The zero-order valence-corrected chi connectivity index (χ0v) is 9.40. The van der Waals surface area contributed by atoms with Gasteiger partial charge in [0.2, 0.25) is 5.91 Å². The van der Waals surface area contributed by atoms with E-state index in [1.54, 1.807) is 4.90 Å². The molecule has 0 spiro atoms. The normalized spacial score (nSPS) is 17.2. The van der Waals surface area contributed by atoms with Crippen LogP contribution in [-0.4, -0.2) is 35.0 Å². The van der Waals surface area contributed by atoms with Crippen LogP contribution in [0.4, 0.5) is 0 Å². The summed E-state index contributed by atoms with van der Waals surface area (Å²) in [5, 5.41) is 8.45. The molecule has 0 aromatic carbocycles. The van der Waals surface area contributed by atoms with Crippen molar-refractivity contribution in [3.8, 4) is 0 Å². The van der Waals surface area contributed by atoms with E-state index in [0.29, 0.717) is 24.8 Å². The molecule has 0 saturated heterocycles. The minimum atomic E-state index is -0.833. The minimum absolute atomic E-state index is 0.0654. The Morgan fingerprint density at radius 1 is 1.40 bits per heavy atom. The molecule has 1 saturated carbocycles. The van der Waals surface area contributed by atoms with E-state index < -0.39 is 5.97 Å². The summed E-state index contributed by atoms with van der Waals surface area (Å²) in [5.41, 5.74) is 0. The van der Waals surface area contributed by atoms with Crippen LogP contribution in [0.25, 0.3) is 0 Å². The monoisotopic (exact) mass is 213 g/mol. The van der Waals surface area contributed by atoms with Crippen LogP contribution in [0.15, 0.2) is 0 Å². The predicted octanol–water partition coefficient (Wildman–Crippen LogP) is 1.50. The fourth-order valence-electron chi connectivity index (χ4n) is 1.69. The molecular weight excluding hydrogens is 194 g/mol. The van der Waals surface area contributed by atoms with Gasteiger partial charge >= 0.3 is 5.97 Å². The van der Waals surface area contributed by atoms with Crippen molar-refractivity contribution in [3.63, 3.8) is 0 Å². The molecule has 86 valence electrons. The van der Waals surface area contributed by atoms with Gasteiger partial charge < -0.3 is 10.0 Å². The van der Waals surface area contributed by atoms with Gasteiger partial charge in [-0.3, -0.25) is 9.59 Å². The molecule has 0 bridgehead atoms. The standard InChI is InChI=1S/C11H19NO3/c1-8(9-6-7-9)12(2)10(13)4-3-5-11(14)15/h8-9H,3-7H2,1-2H3,(H,14,15). The number of hydrogen-bond acceptors (Lipinski definition) is 2. The lowest BCUT2D eigenvalue weighted by atomic mass is 10.1. The Morgan fingerprint density at radius 3 is 2.47 bits per heavy atom. The number of rotatable bonds is 6. The maximum Gasteiger partial charge on any atom is 0.303 e. The molecule has 4 heteroatoms. The Labute approximate surface area is 90.3 Å². The fourth-order valence-corrected chi connectivity index (χ4v) is 1.69. The van der Waals surface area contributed by atoms with E-state index in [-0.39, 0.29) is 12.3 Å². The Balaban J connectivity index is 2.22. The van der Waals surface area contributed by atoms with Gasteiger partial charge in [-0.1, -0.05) is 0 Å².